The molecule has 0 unspecified atom stereocenters. The Hall–Kier alpha value is -2.04. The fraction of sp³-hybridized carbons (Fsp3) is 0.526. The molecule has 1 fully saturated rings. The number of benzene rings is 1. The molecule has 4 nitrogen and oxygen atoms in total. The van der Waals surface area contributed by atoms with Crippen molar-refractivity contribution in [3.8, 4) is 0 Å². The number of ether oxygens (including phenoxy) is 1. The standard InChI is InChI=1S/C19H24FNO3/c1-12-11-21(18(22)24-19(2,3)4)7-5-14(12)16-9-13(20)10-17-15(16)6-8-23-17/h6,8-10,12,14H,5,7,11H2,1-4H3/t12-,14+/m0/s1. The van der Waals surface area contributed by atoms with E-state index in [9.17, 15) is 9.18 Å². The van der Waals surface area contributed by atoms with Crippen molar-refractivity contribution in [1.29, 1.82) is 0 Å². The first-order valence-corrected chi connectivity index (χ1v) is 8.39. The average Bonchev–Trinajstić information content (AvgIpc) is 2.92. The van der Waals surface area contributed by atoms with E-state index in [1.54, 1.807) is 17.2 Å². The fourth-order valence-electron chi connectivity index (χ4n) is 3.47. The molecule has 0 aliphatic carbocycles. The Balaban J connectivity index is 1.78. The minimum atomic E-state index is -0.497. The second-order valence-corrected chi connectivity index (χ2v) is 7.63. The van der Waals surface area contributed by atoms with Crippen LogP contribution in [0, 0.1) is 11.7 Å². The van der Waals surface area contributed by atoms with Gasteiger partial charge >= 0.3 is 6.09 Å². The third-order valence-electron chi connectivity index (χ3n) is 4.52. The van der Waals surface area contributed by atoms with Gasteiger partial charge in [-0.05, 0) is 56.7 Å². The highest BCUT2D eigenvalue weighted by molar-refractivity contribution is 5.81. The van der Waals surface area contributed by atoms with Crippen LogP contribution < -0.4 is 0 Å². The number of hydrogen-bond acceptors (Lipinski definition) is 3. The van der Waals surface area contributed by atoms with Gasteiger partial charge in [-0.15, -0.1) is 0 Å². The van der Waals surface area contributed by atoms with E-state index in [2.05, 4.69) is 6.92 Å². The molecule has 3 rings (SSSR count). The van der Waals surface area contributed by atoms with Gasteiger partial charge in [-0.3, -0.25) is 0 Å². The zero-order valence-electron chi connectivity index (χ0n) is 14.6. The number of piperidine rings is 1. The summed E-state index contributed by atoms with van der Waals surface area (Å²) in [7, 11) is 0. The minimum absolute atomic E-state index is 0.194. The van der Waals surface area contributed by atoms with E-state index in [0.717, 1.165) is 17.4 Å². The van der Waals surface area contributed by atoms with Crippen molar-refractivity contribution in [2.24, 2.45) is 5.92 Å². The van der Waals surface area contributed by atoms with Crippen molar-refractivity contribution in [1.82, 2.24) is 4.90 Å². The zero-order valence-corrected chi connectivity index (χ0v) is 14.6. The smallest absolute Gasteiger partial charge is 0.410 e. The van der Waals surface area contributed by atoms with Crippen LogP contribution in [-0.4, -0.2) is 29.7 Å². The quantitative estimate of drug-likeness (QED) is 0.743. The molecule has 0 bridgehead atoms. The molecule has 0 radical (unpaired) electrons. The molecule has 1 saturated heterocycles. The molecule has 1 aromatic heterocycles. The van der Waals surface area contributed by atoms with Gasteiger partial charge in [0.2, 0.25) is 0 Å². The molecule has 0 N–H and O–H groups in total. The Morgan fingerprint density at radius 1 is 1.38 bits per heavy atom. The van der Waals surface area contributed by atoms with Gasteiger partial charge in [-0.1, -0.05) is 6.92 Å². The van der Waals surface area contributed by atoms with Crippen molar-refractivity contribution in [2.45, 2.75) is 45.6 Å². The highest BCUT2D eigenvalue weighted by atomic mass is 19.1. The molecule has 1 amide bonds. The van der Waals surface area contributed by atoms with Gasteiger partial charge in [-0.2, -0.15) is 0 Å². The number of carbonyl (C=O) groups excluding carboxylic acids is 1. The Kier molecular flexibility index (Phi) is 4.28. The minimum Gasteiger partial charge on any atom is -0.464 e. The molecular formula is C19H24FNO3. The summed E-state index contributed by atoms with van der Waals surface area (Å²) < 4.78 is 24.7. The van der Waals surface area contributed by atoms with Crippen LogP contribution in [0.15, 0.2) is 28.9 Å². The third-order valence-corrected chi connectivity index (χ3v) is 4.52. The van der Waals surface area contributed by atoms with Crippen molar-refractivity contribution in [3.63, 3.8) is 0 Å². The summed E-state index contributed by atoms with van der Waals surface area (Å²) in [5, 5.41) is 0.957. The van der Waals surface area contributed by atoms with Gasteiger partial charge in [-0.25, -0.2) is 9.18 Å². The van der Waals surface area contributed by atoms with Crippen LogP contribution >= 0.6 is 0 Å². The Labute approximate surface area is 141 Å². The van der Waals surface area contributed by atoms with Crippen LogP contribution in [0.4, 0.5) is 9.18 Å². The van der Waals surface area contributed by atoms with Crippen molar-refractivity contribution in [2.75, 3.05) is 13.1 Å². The van der Waals surface area contributed by atoms with Crippen molar-refractivity contribution in [3.05, 3.63) is 35.8 Å². The largest absolute Gasteiger partial charge is 0.464 e. The highest BCUT2D eigenvalue weighted by Crippen LogP contribution is 2.37. The number of amides is 1. The van der Waals surface area contributed by atoms with Crippen LogP contribution in [0.5, 0.6) is 0 Å². The van der Waals surface area contributed by atoms with E-state index in [-0.39, 0.29) is 23.7 Å². The zero-order chi connectivity index (χ0) is 17.5. The summed E-state index contributed by atoms with van der Waals surface area (Å²) in [5.74, 6) is 0.125. The summed E-state index contributed by atoms with van der Waals surface area (Å²) in [6.45, 7) is 8.91. The van der Waals surface area contributed by atoms with Crippen LogP contribution in [0.25, 0.3) is 11.0 Å². The Morgan fingerprint density at radius 3 is 2.79 bits per heavy atom. The summed E-state index contributed by atoms with van der Waals surface area (Å²) in [4.78, 5) is 14.0. The lowest BCUT2D eigenvalue weighted by molar-refractivity contribution is 0.0155. The molecule has 24 heavy (non-hydrogen) atoms. The molecule has 5 heteroatoms. The van der Waals surface area contributed by atoms with Crippen LogP contribution in [0.3, 0.4) is 0 Å². The predicted octanol–water partition coefficient (Wildman–Crippen LogP) is 4.93. The van der Waals surface area contributed by atoms with E-state index in [4.69, 9.17) is 9.15 Å². The van der Waals surface area contributed by atoms with Gasteiger partial charge < -0.3 is 14.1 Å². The molecular weight excluding hydrogens is 309 g/mol. The first-order chi connectivity index (χ1) is 11.2. The Morgan fingerprint density at radius 2 is 2.12 bits per heavy atom. The van der Waals surface area contributed by atoms with Gasteiger partial charge in [0, 0.05) is 24.5 Å². The molecule has 2 heterocycles. The normalized spacial score (nSPS) is 22.0. The molecule has 2 aromatic rings. The second kappa shape index (κ2) is 6.11. The molecule has 130 valence electrons. The molecule has 1 aliphatic rings. The summed E-state index contributed by atoms with van der Waals surface area (Å²) >= 11 is 0. The maximum atomic E-state index is 13.9. The van der Waals surface area contributed by atoms with E-state index in [1.807, 2.05) is 26.8 Å². The average molecular weight is 333 g/mol. The highest BCUT2D eigenvalue weighted by Gasteiger charge is 2.33. The fourth-order valence-corrected chi connectivity index (χ4v) is 3.47. The number of rotatable bonds is 1. The molecule has 0 spiro atoms. The molecule has 0 saturated carbocycles. The van der Waals surface area contributed by atoms with Crippen molar-refractivity contribution < 1.29 is 18.3 Å². The lowest BCUT2D eigenvalue weighted by Crippen LogP contribution is -2.44. The van der Waals surface area contributed by atoms with Crippen LogP contribution in [-0.2, 0) is 4.74 Å². The number of hydrogen-bond donors (Lipinski definition) is 0. The molecule has 1 aliphatic heterocycles. The number of carbonyl (C=O) groups is 1. The number of fused-ring (bicyclic) bond motifs is 1. The van der Waals surface area contributed by atoms with Crippen molar-refractivity contribution >= 4 is 17.1 Å². The maximum Gasteiger partial charge on any atom is 0.410 e. The van der Waals surface area contributed by atoms with E-state index in [0.29, 0.717) is 18.7 Å². The summed E-state index contributed by atoms with van der Waals surface area (Å²) in [6.07, 6.45) is 2.10. The molecule has 1 aromatic carbocycles. The second-order valence-electron chi connectivity index (χ2n) is 7.63. The predicted molar refractivity (Wildman–Crippen MR) is 90.5 cm³/mol. The van der Waals surface area contributed by atoms with Crippen LogP contribution in [0.1, 0.15) is 45.6 Å². The number of halogens is 1. The van der Waals surface area contributed by atoms with Gasteiger partial charge in [0.15, 0.2) is 0 Å². The van der Waals surface area contributed by atoms with Gasteiger partial charge in [0.05, 0.1) is 6.26 Å². The number of nitrogens with zero attached hydrogens (tertiary/aromatic N) is 1. The first kappa shape index (κ1) is 16.8. The van der Waals surface area contributed by atoms with Gasteiger partial charge in [0.25, 0.3) is 0 Å². The SMILES string of the molecule is C[C@H]1CN(C(=O)OC(C)(C)C)CC[C@H]1c1cc(F)cc2occc12. The topological polar surface area (TPSA) is 42.7 Å². The molecule has 2 atom stereocenters. The van der Waals surface area contributed by atoms with E-state index >= 15 is 0 Å². The third kappa shape index (κ3) is 3.40. The number of furan rings is 1. The number of likely N-dealkylation sites (tertiary alicyclic amines) is 1. The lowest BCUT2D eigenvalue weighted by atomic mass is 9.80. The monoisotopic (exact) mass is 333 g/mol. The van der Waals surface area contributed by atoms with Crippen LogP contribution in [0.2, 0.25) is 0 Å². The van der Waals surface area contributed by atoms with E-state index < -0.39 is 5.60 Å². The van der Waals surface area contributed by atoms with E-state index in [1.165, 1.54) is 6.07 Å². The summed E-state index contributed by atoms with van der Waals surface area (Å²) in [5.41, 5.74) is 1.05. The summed E-state index contributed by atoms with van der Waals surface area (Å²) in [6, 6.07) is 4.90. The lowest BCUT2D eigenvalue weighted by Gasteiger charge is -2.38. The van der Waals surface area contributed by atoms with Gasteiger partial charge in [0.1, 0.15) is 17.0 Å². The first-order valence-electron chi connectivity index (χ1n) is 8.39. The maximum absolute atomic E-state index is 13.9. The Bertz CT molecular complexity index is 747.